The van der Waals surface area contributed by atoms with Crippen LogP contribution in [-0.2, 0) is 13.5 Å². The Hall–Kier alpha value is -2.47. The van der Waals surface area contributed by atoms with Gasteiger partial charge >= 0.3 is 0 Å². The molecule has 1 aromatic heterocycles. The quantitative estimate of drug-likeness (QED) is 0.456. The van der Waals surface area contributed by atoms with Crippen LogP contribution in [0.15, 0.2) is 59.8 Å². The van der Waals surface area contributed by atoms with Gasteiger partial charge in [0.25, 0.3) is 0 Å². The van der Waals surface area contributed by atoms with Crippen molar-refractivity contribution in [1.29, 1.82) is 0 Å². The number of rotatable bonds is 8. The topological polar surface area (TPSA) is 49.2 Å². The maximum absolute atomic E-state index is 5.79. The molecule has 25 heavy (non-hydrogen) atoms. The lowest BCUT2D eigenvalue weighted by Gasteiger charge is -2.09. The van der Waals surface area contributed by atoms with Crippen LogP contribution in [0.3, 0.4) is 0 Å². The summed E-state index contributed by atoms with van der Waals surface area (Å²) in [5.74, 6) is 3.25. The van der Waals surface area contributed by atoms with Gasteiger partial charge in [0, 0.05) is 19.2 Å². The number of methoxy groups -OCH3 is 1. The van der Waals surface area contributed by atoms with E-state index in [9.17, 15) is 0 Å². The van der Waals surface area contributed by atoms with Crippen molar-refractivity contribution in [1.82, 2.24) is 14.8 Å². The van der Waals surface area contributed by atoms with Crippen molar-refractivity contribution in [3.05, 3.63) is 66.0 Å². The van der Waals surface area contributed by atoms with E-state index >= 15 is 0 Å². The van der Waals surface area contributed by atoms with E-state index < -0.39 is 0 Å². The zero-order valence-electron chi connectivity index (χ0n) is 14.4. The molecule has 0 radical (unpaired) electrons. The molecule has 2 aromatic carbocycles. The van der Waals surface area contributed by atoms with Crippen molar-refractivity contribution < 1.29 is 9.47 Å². The highest BCUT2D eigenvalue weighted by molar-refractivity contribution is 7.99. The molecule has 0 aliphatic carbocycles. The van der Waals surface area contributed by atoms with E-state index in [2.05, 4.69) is 22.3 Å². The van der Waals surface area contributed by atoms with Gasteiger partial charge in [-0.1, -0.05) is 54.2 Å². The van der Waals surface area contributed by atoms with Crippen LogP contribution < -0.4 is 9.47 Å². The molecule has 3 aromatic rings. The second-order valence-electron chi connectivity index (χ2n) is 5.47. The smallest absolute Gasteiger partial charge is 0.191 e. The summed E-state index contributed by atoms with van der Waals surface area (Å²) >= 11 is 1.63. The summed E-state index contributed by atoms with van der Waals surface area (Å²) in [5.41, 5.74) is 1.23. The van der Waals surface area contributed by atoms with Gasteiger partial charge in [0.15, 0.2) is 16.7 Å². The van der Waals surface area contributed by atoms with Gasteiger partial charge in [0.2, 0.25) is 0 Å². The molecule has 0 fully saturated rings. The molecule has 0 atom stereocenters. The third-order valence-electron chi connectivity index (χ3n) is 3.77. The maximum atomic E-state index is 5.79. The second-order valence-corrected chi connectivity index (χ2v) is 6.53. The van der Waals surface area contributed by atoms with Crippen LogP contribution in [0.4, 0.5) is 0 Å². The minimum absolute atomic E-state index is 0.575. The zero-order chi connectivity index (χ0) is 17.5. The number of aromatic nitrogens is 3. The van der Waals surface area contributed by atoms with Gasteiger partial charge in [-0.05, 0) is 17.7 Å². The van der Waals surface area contributed by atoms with Crippen LogP contribution in [0.2, 0.25) is 0 Å². The fourth-order valence-electron chi connectivity index (χ4n) is 2.43. The maximum Gasteiger partial charge on any atom is 0.191 e. The summed E-state index contributed by atoms with van der Waals surface area (Å²) in [6, 6.07) is 17.9. The molecule has 0 unspecified atom stereocenters. The average molecular weight is 355 g/mol. The molecule has 0 aliphatic heterocycles. The first-order valence-corrected chi connectivity index (χ1v) is 9.07. The lowest BCUT2D eigenvalue weighted by molar-refractivity contribution is 0.313. The lowest BCUT2D eigenvalue weighted by Crippen LogP contribution is -2.04. The van der Waals surface area contributed by atoms with E-state index in [1.165, 1.54) is 5.56 Å². The largest absolute Gasteiger partial charge is 0.493 e. The molecule has 130 valence electrons. The first-order chi connectivity index (χ1) is 12.3. The summed E-state index contributed by atoms with van der Waals surface area (Å²) in [5, 5.41) is 9.49. The van der Waals surface area contributed by atoms with Gasteiger partial charge in [-0.25, -0.2) is 0 Å². The van der Waals surface area contributed by atoms with Gasteiger partial charge in [0.1, 0.15) is 5.82 Å². The predicted molar refractivity (Wildman–Crippen MR) is 99.5 cm³/mol. The molecule has 0 saturated carbocycles. The Bertz CT molecular complexity index is 805. The zero-order valence-corrected chi connectivity index (χ0v) is 15.2. The normalized spacial score (nSPS) is 10.6. The van der Waals surface area contributed by atoms with Crippen LogP contribution in [0.5, 0.6) is 11.5 Å². The molecular formula is C19H21N3O2S. The molecule has 0 saturated heterocycles. The number of nitrogens with zero attached hydrogens (tertiary/aromatic N) is 3. The molecule has 0 aliphatic rings. The van der Waals surface area contributed by atoms with Crippen LogP contribution >= 0.6 is 11.8 Å². The highest BCUT2D eigenvalue weighted by Gasteiger charge is 2.10. The van der Waals surface area contributed by atoms with Gasteiger partial charge in [-0.15, -0.1) is 10.2 Å². The van der Waals surface area contributed by atoms with Crippen molar-refractivity contribution in [3.8, 4) is 11.5 Å². The fourth-order valence-corrected chi connectivity index (χ4v) is 3.17. The highest BCUT2D eigenvalue weighted by Crippen LogP contribution is 2.26. The molecule has 0 bridgehead atoms. The summed E-state index contributed by atoms with van der Waals surface area (Å²) in [7, 11) is 3.65. The minimum Gasteiger partial charge on any atom is -0.493 e. The number of thioether (sulfide) groups is 1. The van der Waals surface area contributed by atoms with Crippen molar-refractivity contribution in [2.45, 2.75) is 11.6 Å². The Morgan fingerprint density at radius 1 is 0.960 bits per heavy atom. The molecular weight excluding hydrogens is 334 g/mol. The van der Waals surface area contributed by atoms with Crippen LogP contribution in [0.25, 0.3) is 0 Å². The van der Waals surface area contributed by atoms with E-state index in [-0.39, 0.29) is 0 Å². The molecule has 0 amide bonds. The Balaban J connectivity index is 1.52. The number of ether oxygens (including phenoxy) is 2. The second kappa shape index (κ2) is 8.58. The molecule has 0 spiro atoms. The Morgan fingerprint density at radius 3 is 2.44 bits per heavy atom. The number of hydrogen-bond donors (Lipinski definition) is 0. The first-order valence-electron chi connectivity index (χ1n) is 8.08. The molecule has 3 rings (SSSR count). The Kier molecular flexibility index (Phi) is 5.95. The first kappa shape index (κ1) is 17.4. The number of benzene rings is 2. The van der Waals surface area contributed by atoms with Gasteiger partial charge in [0.05, 0.1) is 13.7 Å². The van der Waals surface area contributed by atoms with Crippen molar-refractivity contribution in [2.24, 2.45) is 7.05 Å². The van der Waals surface area contributed by atoms with Crippen molar-refractivity contribution in [2.75, 3.05) is 19.5 Å². The SMILES string of the molecule is COc1ccccc1OCCSc1nnc(Cc2ccccc2)n1C. The summed E-state index contributed by atoms with van der Waals surface area (Å²) in [4.78, 5) is 0. The van der Waals surface area contributed by atoms with E-state index in [1.807, 2.05) is 54.1 Å². The summed E-state index contributed by atoms with van der Waals surface area (Å²) < 4.78 is 13.1. The number of hydrogen-bond acceptors (Lipinski definition) is 5. The third kappa shape index (κ3) is 4.54. The van der Waals surface area contributed by atoms with Gasteiger partial charge in [-0.2, -0.15) is 0 Å². The van der Waals surface area contributed by atoms with Crippen molar-refractivity contribution >= 4 is 11.8 Å². The Labute approximate surface area is 152 Å². The van der Waals surface area contributed by atoms with Crippen molar-refractivity contribution in [3.63, 3.8) is 0 Å². The van der Waals surface area contributed by atoms with E-state index in [0.717, 1.165) is 34.7 Å². The van der Waals surface area contributed by atoms with Gasteiger partial charge < -0.3 is 14.0 Å². The van der Waals surface area contributed by atoms with Crippen LogP contribution in [0, 0.1) is 0 Å². The molecule has 5 nitrogen and oxygen atoms in total. The van der Waals surface area contributed by atoms with Gasteiger partial charge in [-0.3, -0.25) is 0 Å². The van der Waals surface area contributed by atoms with E-state index in [4.69, 9.17) is 9.47 Å². The third-order valence-corrected chi connectivity index (χ3v) is 4.76. The lowest BCUT2D eigenvalue weighted by atomic mass is 10.1. The standard InChI is InChI=1S/C19H21N3O2S/c1-22-18(14-15-8-4-3-5-9-15)20-21-19(22)25-13-12-24-17-11-7-6-10-16(17)23-2/h3-11H,12-14H2,1-2H3. The Morgan fingerprint density at radius 2 is 1.68 bits per heavy atom. The average Bonchev–Trinajstić information content (AvgIpc) is 3.00. The van der Waals surface area contributed by atoms with E-state index in [0.29, 0.717) is 6.61 Å². The fraction of sp³-hybridized carbons (Fsp3) is 0.263. The summed E-state index contributed by atoms with van der Waals surface area (Å²) in [6.45, 7) is 0.575. The van der Waals surface area contributed by atoms with Crippen LogP contribution in [0.1, 0.15) is 11.4 Å². The highest BCUT2D eigenvalue weighted by atomic mass is 32.2. The van der Waals surface area contributed by atoms with E-state index in [1.54, 1.807) is 18.9 Å². The summed E-state index contributed by atoms with van der Waals surface area (Å²) in [6.07, 6.45) is 0.780. The molecule has 0 N–H and O–H groups in total. The van der Waals surface area contributed by atoms with Crippen LogP contribution in [-0.4, -0.2) is 34.2 Å². The minimum atomic E-state index is 0.575. The predicted octanol–water partition coefficient (Wildman–Crippen LogP) is 3.59. The number of para-hydroxylation sites is 2. The monoisotopic (exact) mass is 355 g/mol. The molecule has 1 heterocycles. The molecule has 6 heteroatoms.